The van der Waals surface area contributed by atoms with Gasteiger partial charge in [-0.25, -0.2) is 0 Å². The fourth-order valence-corrected chi connectivity index (χ4v) is 2.29. The Morgan fingerprint density at radius 1 is 1.41 bits per heavy atom. The Hall–Kier alpha value is -1.36. The minimum absolute atomic E-state index is 0.109. The van der Waals surface area contributed by atoms with Gasteiger partial charge in [-0.3, -0.25) is 14.5 Å². The number of para-hydroxylation sites is 1. The second kappa shape index (κ2) is 4.87. The number of imide groups is 1. The minimum atomic E-state index is -0.443. The summed E-state index contributed by atoms with van der Waals surface area (Å²) in [7, 11) is 0. The zero-order valence-electron chi connectivity index (χ0n) is 9.44. The minimum Gasteiger partial charge on any atom is -0.372 e. The lowest BCUT2D eigenvalue weighted by atomic mass is 10.2. The van der Waals surface area contributed by atoms with Gasteiger partial charge in [-0.15, -0.1) is 0 Å². The van der Waals surface area contributed by atoms with Gasteiger partial charge in [0.05, 0.1) is 6.42 Å². The van der Waals surface area contributed by atoms with Gasteiger partial charge in [0.1, 0.15) is 6.04 Å². The highest BCUT2D eigenvalue weighted by atomic mass is 79.9. The molecule has 0 aromatic heterocycles. The summed E-state index contributed by atoms with van der Waals surface area (Å²) in [5.41, 5.74) is 0.830. The van der Waals surface area contributed by atoms with Gasteiger partial charge in [0.15, 0.2) is 0 Å². The number of amides is 2. The quantitative estimate of drug-likeness (QED) is 0.868. The van der Waals surface area contributed by atoms with Crippen LogP contribution in [0.4, 0.5) is 5.69 Å². The van der Waals surface area contributed by atoms with Gasteiger partial charge in [0.2, 0.25) is 5.91 Å². The molecule has 1 atom stereocenters. The van der Waals surface area contributed by atoms with Crippen LogP contribution in [0.25, 0.3) is 0 Å². The molecule has 0 aliphatic carbocycles. The number of nitrogens with zero attached hydrogens (tertiary/aromatic N) is 1. The van der Waals surface area contributed by atoms with Crippen molar-refractivity contribution in [1.82, 2.24) is 4.90 Å². The van der Waals surface area contributed by atoms with Gasteiger partial charge < -0.3 is 5.32 Å². The molecule has 0 bridgehead atoms. The number of benzene rings is 1. The van der Waals surface area contributed by atoms with Crippen LogP contribution in [0, 0.1) is 0 Å². The van der Waals surface area contributed by atoms with Crippen LogP contribution in [0.5, 0.6) is 0 Å². The third kappa shape index (κ3) is 2.34. The number of carbonyl (C=O) groups is 2. The summed E-state index contributed by atoms with van der Waals surface area (Å²) in [6.45, 7) is 2.24. The molecule has 0 spiro atoms. The highest BCUT2D eigenvalue weighted by molar-refractivity contribution is 9.10. The van der Waals surface area contributed by atoms with E-state index in [9.17, 15) is 9.59 Å². The van der Waals surface area contributed by atoms with Gasteiger partial charge in [-0.05, 0) is 35.0 Å². The summed E-state index contributed by atoms with van der Waals surface area (Å²) in [5.74, 6) is -0.254. The molecular weight excluding hydrogens is 284 g/mol. The predicted molar refractivity (Wildman–Crippen MR) is 68.6 cm³/mol. The molecule has 1 aliphatic rings. The number of carbonyl (C=O) groups excluding carboxylic acids is 2. The smallest absolute Gasteiger partial charge is 0.252 e. The normalized spacial score (nSPS) is 19.9. The number of likely N-dealkylation sites (N-methyl/N-ethyl adjacent to an activating group) is 1. The van der Waals surface area contributed by atoms with Crippen molar-refractivity contribution in [2.75, 3.05) is 11.9 Å². The molecule has 1 heterocycles. The van der Waals surface area contributed by atoms with Crippen molar-refractivity contribution in [1.29, 1.82) is 0 Å². The highest BCUT2D eigenvalue weighted by Crippen LogP contribution is 2.24. The topological polar surface area (TPSA) is 49.4 Å². The number of likely N-dealkylation sites (tertiary alicyclic amines) is 1. The van der Waals surface area contributed by atoms with Crippen LogP contribution in [-0.2, 0) is 9.59 Å². The average Bonchev–Trinajstić information content (AvgIpc) is 2.57. The Bertz CT molecular complexity index is 462. The first-order valence-corrected chi connectivity index (χ1v) is 6.28. The average molecular weight is 297 g/mol. The van der Waals surface area contributed by atoms with Crippen LogP contribution in [0.15, 0.2) is 28.7 Å². The lowest BCUT2D eigenvalue weighted by molar-refractivity contribution is -0.138. The summed E-state index contributed by atoms with van der Waals surface area (Å²) in [5, 5.41) is 3.09. The fraction of sp³-hybridized carbons (Fsp3) is 0.333. The van der Waals surface area contributed by atoms with E-state index in [4.69, 9.17) is 0 Å². The molecule has 1 aromatic carbocycles. The van der Waals surface area contributed by atoms with Crippen molar-refractivity contribution < 1.29 is 9.59 Å². The Morgan fingerprint density at radius 3 is 2.71 bits per heavy atom. The monoisotopic (exact) mass is 296 g/mol. The third-order valence-electron chi connectivity index (χ3n) is 2.76. The van der Waals surface area contributed by atoms with Crippen LogP contribution < -0.4 is 5.32 Å². The molecule has 0 radical (unpaired) electrons. The van der Waals surface area contributed by atoms with Gasteiger partial charge in [-0.1, -0.05) is 12.1 Å². The number of hydrogen-bond acceptors (Lipinski definition) is 3. The Kier molecular flexibility index (Phi) is 3.47. The van der Waals surface area contributed by atoms with E-state index < -0.39 is 6.04 Å². The number of hydrogen-bond donors (Lipinski definition) is 1. The number of anilines is 1. The van der Waals surface area contributed by atoms with E-state index >= 15 is 0 Å². The second-order valence-electron chi connectivity index (χ2n) is 3.86. The molecule has 5 heteroatoms. The highest BCUT2D eigenvalue weighted by Gasteiger charge is 2.37. The molecule has 1 aliphatic heterocycles. The van der Waals surface area contributed by atoms with E-state index in [1.165, 1.54) is 4.90 Å². The lowest BCUT2D eigenvalue weighted by Gasteiger charge is -2.14. The van der Waals surface area contributed by atoms with Crippen molar-refractivity contribution in [2.45, 2.75) is 19.4 Å². The van der Waals surface area contributed by atoms with Gasteiger partial charge in [0, 0.05) is 16.7 Å². The maximum absolute atomic E-state index is 11.9. The third-order valence-corrected chi connectivity index (χ3v) is 3.46. The summed E-state index contributed by atoms with van der Waals surface area (Å²) >= 11 is 3.40. The summed E-state index contributed by atoms with van der Waals surface area (Å²) in [6, 6.07) is 7.10. The van der Waals surface area contributed by atoms with E-state index in [1.54, 1.807) is 6.92 Å². The predicted octanol–water partition coefficient (Wildman–Crippen LogP) is 2.01. The van der Waals surface area contributed by atoms with Crippen molar-refractivity contribution in [3.05, 3.63) is 28.7 Å². The second-order valence-corrected chi connectivity index (χ2v) is 4.71. The van der Waals surface area contributed by atoms with Crippen molar-refractivity contribution in [3.8, 4) is 0 Å². The Morgan fingerprint density at radius 2 is 2.12 bits per heavy atom. The maximum atomic E-state index is 11.9. The van der Waals surface area contributed by atoms with E-state index in [1.807, 2.05) is 24.3 Å². The fourth-order valence-electron chi connectivity index (χ4n) is 1.89. The summed E-state index contributed by atoms with van der Waals surface area (Å²) in [4.78, 5) is 24.7. The van der Waals surface area contributed by atoms with Crippen LogP contribution in [0.2, 0.25) is 0 Å². The molecule has 1 saturated heterocycles. The van der Waals surface area contributed by atoms with Crippen molar-refractivity contribution >= 4 is 33.4 Å². The molecule has 1 fully saturated rings. The van der Waals surface area contributed by atoms with Crippen LogP contribution >= 0.6 is 15.9 Å². The number of nitrogens with one attached hydrogen (secondary N) is 1. The Labute approximate surface area is 108 Å². The maximum Gasteiger partial charge on any atom is 0.252 e. The molecule has 1 unspecified atom stereocenters. The van der Waals surface area contributed by atoms with Crippen LogP contribution in [-0.4, -0.2) is 29.3 Å². The summed E-state index contributed by atoms with van der Waals surface area (Å²) < 4.78 is 0.884. The number of rotatable bonds is 3. The zero-order chi connectivity index (χ0) is 12.4. The molecule has 2 amide bonds. The summed E-state index contributed by atoms with van der Waals surface area (Å²) in [6.07, 6.45) is 0.230. The molecule has 0 saturated carbocycles. The SMILES string of the molecule is CCN1C(=O)CC(Nc2ccccc2Br)C1=O. The van der Waals surface area contributed by atoms with Crippen molar-refractivity contribution in [3.63, 3.8) is 0 Å². The van der Waals surface area contributed by atoms with E-state index in [0.717, 1.165) is 10.2 Å². The van der Waals surface area contributed by atoms with Gasteiger partial charge >= 0.3 is 0 Å². The first-order chi connectivity index (χ1) is 8.13. The first-order valence-electron chi connectivity index (χ1n) is 5.48. The molecule has 90 valence electrons. The molecule has 1 aromatic rings. The van der Waals surface area contributed by atoms with Crippen LogP contribution in [0.3, 0.4) is 0 Å². The Balaban J connectivity index is 2.14. The number of halogens is 1. The molecule has 2 rings (SSSR count). The van der Waals surface area contributed by atoms with Gasteiger partial charge in [0.25, 0.3) is 5.91 Å². The zero-order valence-corrected chi connectivity index (χ0v) is 11.0. The molecular formula is C12H13BrN2O2. The van der Waals surface area contributed by atoms with E-state index in [0.29, 0.717) is 6.54 Å². The molecule has 17 heavy (non-hydrogen) atoms. The van der Waals surface area contributed by atoms with Crippen LogP contribution in [0.1, 0.15) is 13.3 Å². The van der Waals surface area contributed by atoms with E-state index in [-0.39, 0.29) is 18.2 Å². The lowest BCUT2D eigenvalue weighted by Crippen LogP contribution is -2.34. The van der Waals surface area contributed by atoms with Crippen molar-refractivity contribution in [2.24, 2.45) is 0 Å². The molecule has 1 N–H and O–H groups in total. The largest absolute Gasteiger partial charge is 0.372 e. The molecule has 4 nitrogen and oxygen atoms in total. The first kappa shape index (κ1) is 12.1. The van der Waals surface area contributed by atoms with Gasteiger partial charge in [-0.2, -0.15) is 0 Å². The van der Waals surface area contributed by atoms with E-state index in [2.05, 4.69) is 21.2 Å². The standard InChI is InChI=1S/C12H13BrN2O2/c1-2-15-11(16)7-10(12(15)17)14-9-6-4-3-5-8(9)13/h3-6,10,14H,2,7H2,1H3.